The summed E-state index contributed by atoms with van der Waals surface area (Å²) in [5, 5.41) is 20.3. The SMILES string of the molecule is Cc1cc2[nH]c(C)c(CC(=O)O)c2cc1[N+](=O)[O-]. The highest BCUT2D eigenvalue weighted by Crippen LogP contribution is 2.29. The maximum Gasteiger partial charge on any atom is 0.307 e. The van der Waals surface area contributed by atoms with Crippen LogP contribution in [0.15, 0.2) is 12.1 Å². The van der Waals surface area contributed by atoms with Crippen molar-refractivity contribution in [3.8, 4) is 0 Å². The molecule has 0 atom stereocenters. The van der Waals surface area contributed by atoms with Gasteiger partial charge in [0.25, 0.3) is 5.69 Å². The van der Waals surface area contributed by atoms with Crippen LogP contribution in [0.25, 0.3) is 10.9 Å². The number of hydrogen-bond acceptors (Lipinski definition) is 3. The van der Waals surface area contributed by atoms with E-state index in [2.05, 4.69) is 4.98 Å². The number of hydrogen-bond donors (Lipinski definition) is 2. The predicted molar refractivity (Wildman–Crippen MR) is 65.8 cm³/mol. The van der Waals surface area contributed by atoms with Crippen LogP contribution in [0.3, 0.4) is 0 Å². The van der Waals surface area contributed by atoms with Gasteiger partial charge >= 0.3 is 5.97 Å². The maximum atomic E-state index is 10.9. The van der Waals surface area contributed by atoms with Crippen molar-refractivity contribution in [2.45, 2.75) is 20.3 Å². The molecule has 1 aromatic carbocycles. The first-order valence-electron chi connectivity index (χ1n) is 5.38. The van der Waals surface area contributed by atoms with Crippen molar-refractivity contribution in [1.29, 1.82) is 0 Å². The van der Waals surface area contributed by atoms with Crippen LogP contribution in [-0.4, -0.2) is 21.0 Å². The molecular formula is C12H12N2O4. The highest BCUT2D eigenvalue weighted by Gasteiger charge is 2.17. The summed E-state index contributed by atoms with van der Waals surface area (Å²) in [6, 6.07) is 3.11. The summed E-state index contributed by atoms with van der Waals surface area (Å²) in [5.74, 6) is -0.956. The monoisotopic (exact) mass is 248 g/mol. The zero-order chi connectivity index (χ0) is 13.4. The number of aromatic amines is 1. The number of aryl methyl sites for hydroxylation is 2. The van der Waals surface area contributed by atoms with Gasteiger partial charge in [0.15, 0.2) is 0 Å². The molecule has 94 valence electrons. The fraction of sp³-hybridized carbons (Fsp3) is 0.250. The van der Waals surface area contributed by atoms with Crippen molar-refractivity contribution in [2.24, 2.45) is 0 Å². The Morgan fingerprint density at radius 2 is 2.11 bits per heavy atom. The molecule has 6 nitrogen and oxygen atoms in total. The van der Waals surface area contributed by atoms with Gasteiger partial charge in [0.2, 0.25) is 0 Å². The Morgan fingerprint density at radius 3 is 2.67 bits per heavy atom. The number of nitro benzene ring substituents is 1. The lowest BCUT2D eigenvalue weighted by molar-refractivity contribution is -0.385. The largest absolute Gasteiger partial charge is 0.481 e. The topological polar surface area (TPSA) is 96.2 Å². The Balaban J connectivity index is 2.72. The number of fused-ring (bicyclic) bond motifs is 1. The van der Waals surface area contributed by atoms with Gasteiger partial charge in [-0.25, -0.2) is 0 Å². The van der Waals surface area contributed by atoms with Crippen molar-refractivity contribution < 1.29 is 14.8 Å². The van der Waals surface area contributed by atoms with Gasteiger partial charge in [-0.15, -0.1) is 0 Å². The minimum atomic E-state index is -0.956. The molecule has 2 rings (SSSR count). The molecular weight excluding hydrogens is 236 g/mol. The van der Waals surface area contributed by atoms with Crippen LogP contribution in [0.1, 0.15) is 16.8 Å². The first-order chi connectivity index (χ1) is 8.40. The summed E-state index contributed by atoms with van der Waals surface area (Å²) in [5.41, 5.74) is 2.61. The molecule has 0 aliphatic heterocycles. The summed E-state index contributed by atoms with van der Waals surface area (Å²) >= 11 is 0. The highest BCUT2D eigenvalue weighted by atomic mass is 16.6. The van der Waals surface area contributed by atoms with Crippen molar-refractivity contribution >= 4 is 22.6 Å². The van der Waals surface area contributed by atoms with E-state index in [9.17, 15) is 14.9 Å². The molecule has 0 aliphatic rings. The number of aliphatic carboxylic acids is 1. The van der Waals surface area contributed by atoms with Crippen molar-refractivity contribution in [2.75, 3.05) is 0 Å². The molecule has 0 bridgehead atoms. The fourth-order valence-electron chi connectivity index (χ4n) is 2.10. The molecule has 0 unspecified atom stereocenters. The van der Waals surface area contributed by atoms with E-state index >= 15 is 0 Å². The standard InChI is InChI=1S/C12H12N2O4/c1-6-3-10-9(4-11(6)14(17)18)8(5-12(15)16)7(2)13-10/h3-4,13H,5H2,1-2H3,(H,15,16). The third-order valence-electron chi connectivity index (χ3n) is 2.96. The number of nitrogens with one attached hydrogen (secondary N) is 1. The summed E-state index contributed by atoms with van der Waals surface area (Å²) in [4.78, 5) is 24.3. The van der Waals surface area contributed by atoms with E-state index in [1.165, 1.54) is 6.07 Å². The summed E-state index contributed by atoms with van der Waals surface area (Å²) in [6.07, 6.45) is -0.147. The number of carbonyl (C=O) groups is 1. The first kappa shape index (κ1) is 12.1. The minimum Gasteiger partial charge on any atom is -0.481 e. The quantitative estimate of drug-likeness (QED) is 0.643. The molecule has 0 saturated heterocycles. The number of benzene rings is 1. The van der Waals surface area contributed by atoms with Gasteiger partial charge in [0.05, 0.1) is 11.3 Å². The van der Waals surface area contributed by atoms with Crippen LogP contribution in [-0.2, 0) is 11.2 Å². The van der Waals surface area contributed by atoms with E-state index in [0.29, 0.717) is 16.5 Å². The van der Waals surface area contributed by atoms with E-state index in [-0.39, 0.29) is 12.1 Å². The Hall–Kier alpha value is -2.37. The third kappa shape index (κ3) is 1.92. The smallest absolute Gasteiger partial charge is 0.307 e. The molecule has 0 spiro atoms. The predicted octanol–water partition coefficient (Wildman–Crippen LogP) is 2.32. The van der Waals surface area contributed by atoms with Gasteiger partial charge in [-0.3, -0.25) is 14.9 Å². The lowest BCUT2D eigenvalue weighted by Crippen LogP contribution is -2.01. The number of nitro groups is 1. The molecule has 2 N–H and O–H groups in total. The van der Waals surface area contributed by atoms with Gasteiger partial charge in [-0.2, -0.15) is 0 Å². The first-order valence-corrected chi connectivity index (χ1v) is 5.38. The molecule has 6 heteroatoms. The van der Waals surface area contributed by atoms with E-state index < -0.39 is 10.9 Å². The summed E-state index contributed by atoms with van der Waals surface area (Å²) in [7, 11) is 0. The van der Waals surface area contributed by atoms with Crippen LogP contribution in [0.2, 0.25) is 0 Å². The number of nitrogens with zero attached hydrogens (tertiary/aromatic N) is 1. The molecule has 0 aliphatic carbocycles. The second-order valence-corrected chi connectivity index (χ2v) is 4.24. The van der Waals surface area contributed by atoms with Gasteiger partial charge in [-0.1, -0.05) is 0 Å². The van der Waals surface area contributed by atoms with E-state index in [0.717, 1.165) is 11.2 Å². The average Bonchev–Trinajstić information content (AvgIpc) is 2.52. The molecule has 0 saturated carbocycles. The van der Waals surface area contributed by atoms with Gasteiger partial charge in [0.1, 0.15) is 0 Å². The molecule has 0 fully saturated rings. The average molecular weight is 248 g/mol. The third-order valence-corrected chi connectivity index (χ3v) is 2.96. The zero-order valence-corrected chi connectivity index (χ0v) is 9.98. The lowest BCUT2D eigenvalue weighted by Gasteiger charge is -1.99. The number of H-pyrrole nitrogens is 1. The van der Waals surface area contributed by atoms with Crippen LogP contribution in [0.4, 0.5) is 5.69 Å². The summed E-state index contributed by atoms with van der Waals surface area (Å²) < 4.78 is 0. The van der Waals surface area contributed by atoms with Gasteiger partial charge in [-0.05, 0) is 25.5 Å². The fourth-order valence-corrected chi connectivity index (χ4v) is 2.10. The van der Waals surface area contributed by atoms with Crippen LogP contribution in [0.5, 0.6) is 0 Å². The Labute approximate surface area is 102 Å². The molecule has 18 heavy (non-hydrogen) atoms. The van der Waals surface area contributed by atoms with Gasteiger partial charge in [0, 0.05) is 28.2 Å². The highest BCUT2D eigenvalue weighted by molar-refractivity contribution is 5.90. The molecule has 0 radical (unpaired) electrons. The molecule has 1 aromatic heterocycles. The van der Waals surface area contributed by atoms with Crippen LogP contribution < -0.4 is 0 Å². The maximum absolute atomic E-state index is 10.9. The molecule has 2 aromatic rings. The Morgan fingerprint density at radius 1 is 1.44 bits per heavy atom. The van der Waals surface area contributed by atoms with Crippen LogP contribution >= 0.6 is 0 Å². The Bertz CT molecular complexity index is 658. The number of carboxylic acid groups (broad SMARTS) is 1. The zero-order valence-electron chi connectivity index (χ0n) is 9.98. The van der Waals surface area contributed by atoms with E-state index in [4.69, 9.17) is 5.11 Å². The number of rotatable bonds is 3. The normalized spacial score (nSPS) is 10.8. The molecule has 0 amide bonds. The second-order valence-electron chi connectivity index (χ2n) is 4.24. The second kappa shape index (κ2) is 4.14. The Kier molecular flexibility index (Phi) is 2.78. The van der Waals surface area contributed by atoms with E-state index in [1.54, 1.807) is 19.9 Å². The summed E-state index contributed by atoms with van der Waals surface area (Å²) in [6.45, 7) is 3.42. The van der Waals surface area contributed by atoms with E-state index in [1.807, 2.05) is 0 Å². The van der Waals surface area contributed by atoms with Crippen molar-refractivity contribution in [1.82, 2.24) is 4.98 Å². The molecule has 1 heterocycles. The van der Waals surface area contributed by atoms with Crippen molar-refractivity contribution in [3.63, 3.8) is 0 Å². The van der Waals surface area contributed by atoms with Gasteiger partial charge < -0.3 is 10.1 Å². The number of carboxylic acids is 1. The van der Waals surface area contributed by atoms with Crippen LogP contribution in [0, 0.1) is 24.0 Å². The van der Waals surface area contributed by atoms with Crippen molar-refractivity contribution in [3.05, 3.63) is 39.1 Å². The lowest BCUT2D eigenvalue weighted by atomic mass is 10.1. The number of aromatic nitrogens is 1. The minimum absolute atomic E-state index is 0.00754.